The van der Waals surface area contributed by atoms with Crippen LogP contribution < -0.4 is 0 Å². The van der Waals surface area contributed by atoms with E-state index in [0.717, 1.165) is 27.7 Å². The molecule has 0 aliphatic rings. The van der Waals surface area contributed by atoms with Gasteiger partial charge in [-0.15, -0.1) is 0 Å². The molecule has 4 aromatic rings. The van der Waals surface area contributed by atoms with Gasteiger partial charge in [0.25, 0.3) is 0 Å². The van der Waals surface area contributed by atoms with E-state index in [1.807, 2.05) is 31.3 Å². The molecule has 0 amide bonds. The van der Waals surface area contributed by atoms with Gasteiger partial charge in [0, 0.05) is 41.2 Å². The summed E-state index contributed by atoms with van der Waals surface area (Å²) < 4.78 is 2.11. The minimum Gasteiger partial charge on any atom is -0.508 e. The lowest BCUT2D eigenvalue weighted by Crippen LogP contribution is -1.87. The molecule has 0 saturated heterocycles. The van der Waals surface area contributed by atoms with Crippen molar-refractivity contribution in [3.8, 4) is 17.0 Å². The SMILES string of the molecule is Cn1c2cc(O)ccc2c2ccc(-c3ccccn3)cc21. The van der Waals surface area contributed by atoms with E-state index < -0.39 is 0 Å². The van der Waals surface area contributed by atoms with Gasteiger partial charge in [0.2, 0.25) is 0 Å². The van der Waals surface area contributed by atoms with Crippen LogP contribution in [0.4, 0.5) is 0 Å². The smallest absolute Gasteiger partial charge is 0.117 e. The summed E-state index contributed by atoms with van der Waals surface area (Å²) in [6, 6.07) is 17.8. The zero-order chi connectivity index (χ0) is 14.4. The summed E-state index contributed by atoms with van der Waals surface area (Å²) >= 11 is 0. The van der Waals surface area contributed by atoms with Crippen LogP contribution >= 0.6 is 0 Å². The van der Waals surface area contributed by atoms with Crippen LogP contribution in [0.2, 0.25) is 0 Å². The largest absolute Gasteiger partial charge is 0.508 e. The molecule has 2 aromatic heterocycles. The van der Waals surface area contributed by atoms with Crippen molar-refractivity contribution in [1.29, 1.82) is 0 Å². The van der Waals surface area contributed by atoms with Crippen molar-refractivity contribution in [3.05, 3.63) is 60.8 Å². The van der Waals surface area contributed by atoms with E-state index in [4.69, 9.17) is 0 Å². The Labute approximate surface area is 122 Å². The quantitative estimate of drug-likeness (QED) is 0.567. The molecule has 102 valence electrons. The molecule has 21 heavy (non-hydrogen) atoms. The van der Waals surface area contributed by atoms with Crippen LogP contribution in [0.15, 0.2) is 60.8 Å². The molecule has 0 saturated carbocycles. The van der Waals surface area contributed by atoms with E-state index >= 15 is 0 Å². The number of rotatable bonds is 1. The molecule has 0 bridgehead atoms. The average Bonchev–Trinajstić information content (AvgIpc) is 2.80. The normalized spacial score (nSPS) is 11.3. The molecule has 3 nitrogen and oxygen atoms in total. The number of phenolic OH excluding ortho intramolecular Hbond substituents is 1. The van der Waals surface area contributed by atoms with Gasteiger partial charge < -0.3 is 9.67 Å². The lowest BCUT2D eigenvalue weighted by atomic mass is 10.1. The third kappa shape index (κ3) is 1.78. The minimum atomic E-state index is 0.290. The molecule has 2 aromatic carbocycles. The predicted octanol–water partition coefficient (Wildman–Crippen LogP) is 4.10. The van der Waals surface area contributed by atoms with E-state index in [2.05, 4.69) is 27.8 Å². The molecule has 1 N–H and O–H groups in total. The van der Waals surface area contributed by atoms with Gasteiger partial charge in [-0.05, 0) is 30.3 Å². The molecular formula is C18H14N2O. The third-order valence-corrected chi connectivity index (χ3v) is 3.95. The van der Waals surface area contributed by atoms with E-state index in [1.165, 1.54) is 5.39 Å². The van der Waals surface area contributed by atoms with E-state index in [0.29, 0.717) is 5.75 Å². The van der Waals surface area contributed by atoms with Crippen LogP contribution in [0.5, 0.6) is 5.75 Å². The van der Waals surface area contributed by atoms with Crippen molar-refractivity contribution in [3.63, 3.8) is 0 Å². The monoisotopic (exact) mass is 274 g/mol. The Morgan fingerprint density at radius 2 is 1.67 bits per heavy atom. The summed E-state index contributed by atoms with van der Waals surface area (Å²) in [5.74, 6) is 0.290. The molecule has 4 rings (SSSR count). The van der Waals surface area contributed by atoms with Crippen LogP contribution in [-0.4, -0.2) is 14.7 Å². The average molecular weight is 274 g/mol. The summed E-state index contributed by atoms with van der Waals surface area (Å²) in [5, 5.41) is 12.0. The highest BCUT2D eigenvalue weighted by Crippen LogP contribution is 2.32. The topological polar surface area (TPSA) is 38.0 Å². The minimum absolute atomic E-state index is 0.290. The van der Waals surface area contributed by atoms with Crippen LogP contribution in [-0.2, 0) is 7.05 Å². The Hall–Kier alpha value is -2.81. The second-order valence-electron chi connectivity index (χ2n) is 5.21. The first-order valence-corrected chi connectivity index (χ1v) is 6.86. The first-order chi connectivity index (χ1) is 10.2. The van der Waals surface area contributed by atoms with E-state index in [1.54, 1.807) is 18.3 Å². The number of nitrogens with zero attached hydrogens (tertiary/aromatic N) is 2. The second-order valence-corrected chi connectivity index (χ2v) is 5.21. The molecule has 0 aliphatic heterocycles. The number of fused-ring (bicyclic) bond motifs is 3. The molecule has 0 aliphatic carbocycles. The number of pyridine rings is 1. The van der Waals surface area contributed by atoms with Gasteiger partial charge in [-0.3, -0.25) is 4.98 Å². The summed E-state index contributed by atoms with van der Waals surface area (Å²) in [6.45, 7) is 0. The Kier molecular flexibility index (Phi) is 2.48. The zero-order valence-corrected chi connectivity index (χ0v) is 11.6. The van der Waals surface area contributed by atoms with Crippen LogP contribution in [0, 0.1) is 0 Å². The fourth-order valence-electron chi connectivity index (χ4n) is 2.88. The third-order valence-electron chi connectivity index (χ3n) is 3.95. The Morgan fingerprint density at radius 1 is 0.905 bits per heavy atom. The number of aromatic nitrogens is 2. The van der Waals surface area contributed by atoms with Crippen LogP contribution in [0.3, 0.4) is 0 Å². The maximum Gasteiger partial charge on any atom is 0.117 e. The van der Waals surface area contributed by atoms with Crippen molar-refractivity contribution >= 4 is 21.8 Å². The van der Waals surface area contributed by atoms with Gasteiger partial charge in [0.1, 0.15) is 5.75 Å². The first-order valence-electron chi connectivity index (χ1n) is 6.86. The molecular weight excluding hydrogens is 260 g/mol. The Balaban J connectivity index is 2.04. The van der Waals surface area contributed by atoms with Crippen molar-refractivity contribution in [1.82, 2.24) is 9.55 Å². The number of phenols is 1. The standard InChI is InChI=1S/C18H14N2O/c1-20-17-10-12(16-4-2-3-9-19-16)5-7-14(17)15-8-6-13(21)11-18(15)20/h2-11,21H,1H3. The molecule has 2 heterocycles. The maximum atomic E-state index is 9.69. The maximum absolute atomic E-state index is 9.69. The highest BCUT2D eigenvalue weighted by molar-refractivity contribution is 6.09. The number of hydrogen-bond acceptors (Lipinski definition) is 2. The molecule has 0 fully saturated rings. The predicted molar refractivity (Wildman–Crippen MR) is 85.3 cm³/mol. The summed E-state index contributed by atoms with van der Waals surface area (Å²) in [6.07, 6.45) is 1.80. The number of aryl methyl sites for hydroxylation is 1. The van der Waals surface area contributed by atoms with Gasteiger partial charge >= 0.3 is 0 Å². The van der Waals surface area contributed by atoms with E-state index in [-0.39, 0.29) is 0 Å². The lowest BCUT2D eigenvalue weighted by molar-refractivity contribution is 0.476. The lowest BCUT2D eigenvalue weighted by Gasteiger charge is -2.02. The first kappa shape index (κ1) is 12.0. The number of hydrogen-bond donors (Lipinski definition) is 1. The number of aromatic hydroxyl groups is 1. The summed E-state index contributed by atoms with van der Waals surface area (Å²) in [5.41, 5.74) is 4.23. The van der Waals surface area contributed by atoms with Crippen LogP contribution in [0.1, 0.15) is 0 Å². The fraction of sp³-hybridized carbons (Fsp3) is 0.0556. The molecule has 0 spiro atoms. The molecule has 3 heteroatoms. The molecule has 0 unspecified atom stereocenters. The van der Waals surface area contributed by atoms with Gasteiger partial charge in [-0.1, -0.05) is 18.2 Å². The van der Waals surface area contributed by atoms with Crippen molar-refractivity contribution in [2.45, 2.75) is 0 Å². The Morgan fingerprint density at radius 3 is 2.43 bits per heavy atom. The fourth-order valence-corrected chi connectivity index (χ4v) is 2.88. The van der Waals surface area contributed by atoms with Gasteiger partial charge in [-0.25, -0.2) is 0 Å². The summed E-state index contributed by atoms with van der Waals surface area (Å²) in [4.78, 5) is 4.40. The molecule has 0 radical (unpaired) electrons. The van der Waals surface area contributed by atoms with Crippen molar-refractivity contribution in [2.75, 3.05) is 0 Å². The molecule has 0 atom stereocenters. The van der Waals surface area contributed by atoms with Crippen molar-refractivity contribution in [2.24, 2.45) is 7.05 Å². The van der Waals surface area contributed by atoms with Crippen LogP contribution in [0.25, 0.3) is 33.1 Å². The van der Waals surface area contributed by atoms with Gasteiger partial charge in [0.05, 0.1) is 11.2 Å². The highest BCUT2D eigenvalue weighted by atomic mass is 16.3. The summed E-state index contributed by atoms with van der Waals surface area (Å²) in [7, 11) is 2.02. The zero-order valence-electron chi connectivity index (χ0n) is 11.6. The van der Waals surface area contributed by atoms with E-state index in [9.17, 15) is 5.11 Å². The van der Waals surface area contributed by atoms with Gasteiger partial charge in [0.15, 0.2) is 0 Å². The highest BCUT2D eigenvalue weighted by Gasteiger charge is 2.10. The Bertz CT molecular complexity index is 955. The van der Waals surface area contributed by atoms with Gasteiger partial charge in [-0.2, -0.15) is 0 Å². The second kappa shape index (κ2) is 4.35. The number of benzene rings is 2. The van der Waals surface area contributed by atoms with Crippen molar-refractivity contribution < 1.29 is 5.11 Å².